The summed E-state index contributed by atoms with van der Waals surface area (Å²) in [6, 6.07) is 8.68. The first-order valence-electron chi connectivity index (χ1n) is 7.94. The van der Waals surface area contributed by atoms with E-state index >= 15 is 0 Å². The summed E-state index contributed by atoms with van der Waals surface area (Å²) in [7, 11) is -1.17. The second-order valence-electron chi connectivity index (χ2n) is 5.75. The molecule has 1 unspecified atom stereocenters. The average molecular weight is 411 g/mol. The van der Waals surface area contributed by atoms with Crippen LogP contribution in [0.3, 0.4) is 0 Å². The first-order chi connectivity index (χ1) is 12.8. The Labute approximate surface area is 162 Å². The number of nitrogens with zero attached hydrogens (tertiary/aromatic N) is 3. The molecule has 0 aromatic heterocycles. The van der Waals surface area contributed by atoms with E-state index in [-0.39, 0.29) is 10.7 Å². The van der Waals surface area contributed by atoms with E-state index < -0.39 is 32.3 Å². The van der Waals surface area contributed by atoms with Crippen LogP contribution in [-0.2, 0) is 0 Å². The number of nitro benzene ring substituents is 1. The molecule has 1 atom stereocenters. The molecule has 10 heteroatoms. The lowest BCUT2D eigenvalue weighted by Gasteiger charge is -2.35. The van der Waals surface area contributed by atoms with Gasteiger partial charge in [0.05, 0.1) is 15.6 Å². The molecule has 0 bridgehead atoms. The smallest absolute Gasteiger partial charge is 0.297 e. The topological polar surface area (TPSA) is 92.7 Å². The second kappa shape index (κ2) is 7.63. The minimum Gasteiger partial charge on any atom is -0.360 e. The zero-order valence-electron chi connectivity index (χ0n) is 14.3. The van der Waals surface area contributed by atoms with E-state index in [0.717, 1.165) is 6.07 Å². The van der Waals surface area contributed by atoms with E-state index in [1.165, 1.54) is 21.6 Å². The second-order valence-corrected chi connectivity index (χ2v) is 7.94. The molecular formula is C17H16ClFN4O3S. The Bertz CT molecular complexity index is 949. The Morgan fingerprint density at radius 2 is 2.04 bits per heavy atom. The van der Waals surface area contributed by atoms with Gasteiger partial charge in [-0.25, -0.2) is 4.39 Å². The lowest BCUT2D eigenvalue weighted by Crippen LogP contribution is -2.37. The molecule has 27 heavy (non-hydrogen) atoms. The molecule has 2 N–H and O–H groups in total. The summed E-state index contributed by atoms with van der Waals surface area (Å²) >= 11 is 6.38. The Morgan fingerprint density at radius 3 is 2.67 bits per heavy atom. The van der Waals surface area contributed by atoms with Crippen LogP contribution in [0.1, 0.15) is 12.0 Å². The van der Waals surface area contributed by atoms with Gasteiger partial charge in [0.2, 0.25) is 0 Å². The van der Waals surface area contributed by atoms with Crippen molar-refractivity contribution in [2.75, 3.05) is 11.6 Å². The number of rotatable bonds is 4. The predicted octanol–water partition coefficient (Wildman–Crippen LogP) is 4.52. The van der Waals surface area contributed by atoms with Gasteiger partial charge in [-0.2, -0.15) is 4.41 Å². The van der Waals surface area contributed by atoms with Gasteiger partial charge in [0.25, 0.3) is 10.9 Å². The molecular weight excluding hydrogens is 395 g/mol. The molecule has 1 amide bonds. The summed E-state index contributed by atoms with van der Waals surface area (Å²) in [5.41, 5.74) is 5.82. The van der Waals surface area contributed by atoms with Gasteiger partial charge in [-0.1, -0.05) is 29.8 Å². The number of nitrogens with two attached hydrogens (primary N) is 1. The highest BCUT2D eigenvalue weighted by Crippen LogP contribution is 2.45. The van der Waals surface area contributed by atoms with E-state index in [1.54, 1.807) is 30.5 Å². The number of nitro groups is 1. The van der Waals surface area contributed by atoms with E-state index in [9.17, 15) is 19.3 Å². The van der Waals surface area contributed by atoms with Crippen molar-refractivity contribution in [2.45, 2.75) is 13.3 Å². The third-order valence-corrected chi connectivity index (χ3v) is 6.10. The molecule has 0 spiro atoms. The summed E-state index contributed by atoms with van der Waals surface area (Å²) in [4.78, 5) is 22.8. The van der Waals surface area contributed by atoms with Crippen molar-refractivity contribution in [3.63, 3.8) is 0 Å². The molecule has 1 aliphatic heterocycles. The number of primary amides is 1. The number of carbonyl (C=O) groups is 1. The summed E-state index contributed by atoms with van der Waals surface area (Å²) in [6.45, 7) is 2.09. The van der Waals surface area contributed by atoms with Crippen LogP contribution in [0.5, 0.6) is 0 Å². The minimum atomic E-state index is -1.17. The number of amides is 1. The molecule has 2 aromatic carbocycles. The lowest BCUT2D eigenvalue weighted by molar-refractivity contribution is -0.384. The van der Waals surface area contributed by atoms with Gasteiger partial charge in [-0.15, -0.1) is 0 Å². The monoisotopic (exact) mass is 410 g/mol. The van der Waals surface area contributed by atoms with Crippen molar-refractivity contribution in [1.29, 1.82) is 0 Å². The van der Waals surface area contributed by atoms with Gasteiger partial charge in [-0.05, 0) is 47.1 Å². The summed E-state index contributed by atoms with van der Waals surface area (Å²) in [5, 5.41) is 14.3. The Hall–Kier alpha value is -2.49. The van der Waals surface area contributed by atoms with Gasteiger partial charge in [0, 0.05) is 12.6 Å². The van der Waals surface area contributed by atoms with Crippen LogP contribution in [0.25, 0.3) is 0 Å². The van der Waals surface area contributed by atoms with Gasteiger partial charge in [0.1, 0.15) is 0 Å². The first kappa shape index (κ1) is 19.3. The number of anilines is 2. The molecule has 1 aliphatic rings. The number of aryl methyl sites for hydroxylation is 1. The number of para-hydroxylation sites is 2. The molecule has 2 aromatic rings. The third-order valence-electron chi connectivity index (χ3n) is 4.03. The molecule has 0 saturated carbocycles. The molecule has 1 heterocycles. The van der Waals surface area contributed by atoms with Crippen LogP contribution >= 0.6 is 22.3 Å². The predicted molar refractivity (Wildman–Crippen MR) is 106 cm³/mol. The summed E-state index contributed by atoms with van der Waals surface area (Å²) < 4.78 is 16.4. The Balaban J connectivity index is 2.33. The summed E-state index contributed by atoms with van der Waals surface area (Å²) in [5.74, 6) is -0.802. The quantitative estimate of drug-likeness (QED) is 0.454. The van der Waals surface area contributed by atoms with Gasteiger partial charge < -0.3 is 5.73 Å². The first-order valence-corrected chi connectivity index (χ1v) is 9.56. The fourth-order valence-electron chi connectivity index (χ4n) is 2.92. The number of hydrogen-bond donors (Lipinski definition) is 1. The van der Waals surface area contributed by atoms with E-state index in [2.05, 4.69) is 0 Å². The van der Waals surface area contributed by atoms with E-state index in [4.69, 9.17) is 17.3 Å². The van der Waals surface area contributed by atoms with E-state index in [0.29, 0.717) is 24.2 Å². The highest BCUT2D eigenvalue weighted by atomic mass is 35.5. The molecule has 0 saturated heterocycles. The fraction of sp³-hybridized carbons (Fsp3) is 0.176. The number of hydrazine groups is 1. The minimum absolute atomic E-state index is 0.271. The number of carbonyl (C=O) groups excluding carboxylic acids is 1. The van der Waals surface area contributed by atoms with Crippen LogP contribution in [0.15, 0.2) is 36.4 Å². The maximum Gasteiger partial charge on any atom is 0.297 e. The van der Waals surface area contributed by atoms with Crippen LogP contribution in [0.4, 0.5) is 26.2 Å². The molecule has 142 valence electrons. The maximum absolute atomic E-state index is 14.9. The van der Waals surface area contributed by atoms with E-state index in [1.807, 2.05) is 0 Å². The largest absolute Gasteiger partial charge is 0.360 e. The lowest BCUT2D eigenvalue weighted by atomic mass is 10.1. The number of hydrogen-bond acceptors (Lipinski definition) is 5. The van der Waals surface area contributed by atoms with Crippen molar-refractivity contribution in [2.24, 2.45) is 5.73 Å². The van der Waals surface area contributed by atoms with Gasteiger partial charge in [0.15, 0.2) is 11.5 Å². The number of benzene rings is 2. The van der Waals surface area contributed by atoms with Crippen molar-refractivity contribution in [3.8, 4) is 0 Å². The van der Waals surface area contributed by atoms with Crippen molar-refractivity contribution >= 4 is 49.9 Å². The van der Waals surface area contributed by atoms with Crippen LogP contribution in [0.2, 0.25) is 5.02 Å². The SMILES string of the molecule is Cc1cccc(Cl)c1N(c1c(F)cccc1[N+](=O)[O-])N1CCC=S1C(N)=O. The Morgan fingerprint density at radius 1 is 1.33 bits per heavy atom. The van der Waals surface area contributed by atoms with Crippen LogP contribution < -0.4 is 10.7 Å². The van der Waals surface area contributed by atoms with Crippen LogP contribution in [0, 0.1) is 22.9 Å². The zero-order valence-corrected chi connectivity index (χ0v) is 15.8. The van der Waals surface area contributed by atoms with Crippen molar-refractivity contribution < 1.29 is 14.1 Å². The summed E-state index contributed by atoms with van der Waals surface area (Å²) in [6.07, 6.45) is 0.522. The zero-order chi connectivity index (χ0) is 19.7. The van der Waals surface area contributed by atoms with Crippen LogP contribution in [-0.4, -0.2) is 26.5 Å². The Kier molecular flexibility index (Phi) is 5.45. The average Bonchev–Trinajstić information content (AvgIpc) is 3.08. The number of halogens is 2. The molecule has 0 radical (unpaired) electrons. The normalized spacial score (nSPS) is 16.8. The molecule has 0 fully saturated rings. The van der Waals surface area contributed by atoms with Crippen molar-refractivity contribution in [3.05, 3.63) is 62.9 Å². The third kappa shape index (κ3) is 3.53. The fourth-order valence-corrected chi connectivity index (χ4v) is 4.74. The highest BCUT2D eigenvalue weighted by molar-refractivity contribution is 8.25. The maximum atomic E-state index is 14.9. The van der Waals surface area contributed by atoms with Gasteiger partial charge in [-0.3, -0.25) is 19.9 Å². The molecule has 0 aliphatic carbocycles. The molecule has 3 rings (SSSR count). The van der Waals surface area contributed by atoms with Gasteiger partial charge >= 0.3 is 0 Å². The van der Waals surface area contributed by atoms with Crippen molar-refractivity contribution in [1.82, 2.24) is 4.41 Å². The standard InChI is InChI=1S/C17H16ClFN4O3S/c1-11-5-2-6-12(18)15(11)22(21-9-4-10-27(21)17(20)24)16-13(19)7-3-8-14(16)23(25)26/h2-3,5-8,10H,4,9H2,1H3,(H2,20,24). The highest BCUT2D eigenvalue weighted by Gasteiger charge is 2.35. The molecule has 7 nitrogen and oxygen atoms in total.